The highest BCUT2D eigenvalue weighted by Gasteiger charge is 2.19. The average Bonchev–Trinajstić information content (AvgIpc) is 2.84. The molecule has 2 aromatic rings. The number of oxazole rings is 1. The number of nitrogens with one attached hydrogen (secondary N) is 1. The van der Waals surface area contributed by atoms with Crippen LogP contribution in [0.1, 0.15) is 17.3 Å². The smallest absolute Gasteiger partial charge is 0.251 e. The second-order valence-electron chi connectivity index (χ2n) is 3.63. The fourth-order valence-electron chi connectivity index (χ4n) is 1.31. The lowest BCUT2D eigenvalue weighted by Gasteiger charge is -2.02. The van der Waals surface area contributed by atoms with E-state index in [-0.39, 0.29) is 10.8 Å². The molecule has 2 aromatic heterocycles. The van der Waals surface area contributed by atoms with E-state index in [4.69, 9.17) is 4.42 Å². The van der Waals surface area contributed by atoms with Gasteiger partial charge in [-0.1, -0.05) is 0 Å². The summed E-state index contributed by atoms with van der Waals surface area (Å²) in [6.07, 6.45) is 0. The molecule has 2 rings (SSSR count). The molecule has 18 heavy (non-hydrogen) atoms. The minimum absolute atomic E-state index is 0.0430. The third-order valence-corrected chi connectivity index (χ3v) is 6.39. The van der Waals surface area contributed by atoms with Crippen molar-refractivity contribution in [3.63, 3.8) is 0 Å². The summed E-state index contributed by atoms with van der Waals surface area (Å²) >= 11 is 4.35. The maximum absolute atomic E-state index is 12.0. The summed E-state index contributed by atoms with van der Waals surface area (Å²) in [5, 5.41) is 1.71. The van der Waals surface area contributed by atoms with Crippen LogP contribution in [0, 0.1) is 13.8 Å². The molecule has 2 heterocycles. The number of sulfonamides is 1. The largest absolute Gasteiger partial charge is 0.444 e. The Hall–Kier alpha value is -0.700. The van der Waals surface area contributed by atoms with E-state index < -0.39 is 10.0 Å². The van der Waals surface area contributed by atoms with Gasteiger partial charge in [0.2, 0.25) is 5.89 Å². The third-order valence-electron chi connectivity index (χ3n) is 2.31. The van der Waals surface area contributed by atoms with Crippen molar-refractivity contribution in [3.8, 4) is 0 Å². The molecule has 0 fully saturated rings. The molecule has 0 atom stereocenters. The number of thiophene rings is 1. The highest BCUT2D eigenvalue weighted by atomic mass is 79.9. The van der Waals surface area contributed by atoms with Crippen molar-refractivity contribution in [2.24, 2.45) is 0 Å². The van der Waals surface area contributed by atoms with Crippen LogP contribution in [-0.2, 0) is 16.6 Å². The maximum Gasteiger partial charge on any atom is 0.251 e. The molecule has 1 N–H and O–H groups in total. The predicted molar refractivity (Wildman–Crippen MR) is 72.0 cm³/mol. The Morgan fingerprint density at radius 2 is 2.22 bits per heavy atom. The van der Waals surface area contributed by atoms with Gasteiger partial charge < -0.3 is 4.42 Å². The number of rotatable bonds is 4. The Morgan fingerprint density at radius 1 is 1.50 bits per heavy atom. The topological polar surface area (TPSA) is 72.2 Å². The van der Waals surface area contributed by atoms with Crippen molar-refractivity contribution in [1.29, 1.82) is 0 Å². The Bertz CT molecular complexity index is 641. The Morgan fingerprint density at radius 3 is 2.72 bits per heavy atom. The van der Waals surface area contributed by atoms with Gasteiger partial charge in [0, 0.05) is 4.47 Å². The lowest BCUT2D eigenvalue weighted by Crippen LogP contribution is -2.22. The van der Waals surface area contributed by atoms with Crippen molar-refractivity contribution < 1.29 is 12.8 Å². The molecule has 0 aliphatic heterocycles. The average molecular weight is 351 g/mol. The van der Waals surface area contributed by atoms with Gasteiger partial charge >= 0.3 is 0 Å². The molecule has 5 nitrogen and oxygen atoms in total. The van der Waals surface area contributed by atoms with Gasteiger partial charge in [-0.2, -0.15) is 0 Å². The zero-order valence-corrected chi connectivity index (χ0v) is 12.9. The van der Waals surface area contributed by atoms with Gasteiger partial charge in [-0.05, 0) is 41.2 Å². The molecule has 0 amide bonds. The third kappa shape index (κ3) is 2.82. The van der Waals surface area contributed by atoms with Crippen LogP contribution in [0.3, 0.4) is 0 Å². The van der Waals surface area contributed by atoms with E-state index in [1.165, 1.54) is 0 Å². The van der Waals surface area contributed by atoms with Crippen LogP contribution < -0.4 is 4.72 Å². The van der Waals surface area contributed by atoms with Crippen LogP contribution >= 0.6 is 27.3 Å². The highest BCUT2D eigenvalue weighted by molar-refractivity contribution is 9.10. The van der Waals surface area contributed by atoms with Crippen LogP contribution in [0.2, 0.25) is 0 Å². The summed E-state index contributed by atoms with van der Waals surface area (Å²) in [4.78, 5) is 4.12. The van der Waals surface area contributed by atoms with E-state index in [0.29, 0.717) is 16.1 Å². The Balaban J connectivity index is 2.13. The highest BCUT2D eigenvalue weighted by Crippen LogP contribution is 2.27. The maximum atomic E-state index is 12.0. The number of aromatic nitrogens is 1. The molecule has 0 spiro atoms. The fourth-order valence-corrected chi connectivity index (χ4v) is 4.66. The zero-order chi connectivity index (χ0) is 13.3. The van der Waals surface area contributed by atoms with E-state index in [1.807, 2.05) is 6.92 Å². The van der Waals surface area contributed by atoms with Crippen LogP contribution in [0.25, 0.3) is 0 Å². The Kier molecular flexibility index (Phi) is 3.90. The first-order chi connectivity index (χ1) is 8.40. The zero-order valence-electron chi connectivity index (χ0n) is 9.73. The molecule has 98 valence electrons. The minimum Gasteiger partial charge on any atom is -0.444 e. The van der Waals surface area contributed by atoms with E-state index >= 15 is 0 Å². The van der Waals surface area contributed by atoms with Gasteiger partial charge in [-0.3, -0.25) is 0 Å². The first-order valence-electron chi connectivity index (χ1n) is 5.05. The molecule has 0 saturated heterocycles. The second kappa shape index (κ2) is 5.12. The van der Waals surface area contributed by atoms with Crippen LogP contribution in [0.4, 0.5) is 0 Å². The number of hydrogen-bond donors (Lipinski definition) is 1. The summed E-state index contributed by atoms with van der Waals surface area (Å²) in [5.74, 6) is 1.06. The lowest BCUT2D eigenvalue weighted by molar-refractivity contribution is 0.463. The predicted octanol–water partition coefficient (Wildman–Crippen LogP) is 2.59. The summed E-state index contributed by atoms with van der Waals surface area (Å²) in [6.45, 7) is 3.64. The van der Waals surface area contributed by atoms with Gasteiger partial charge in [-0.15, -0.1) is 11.3 Å². The molecule has 8 heteroatoms. The molecule has 0 radical (unpaired) electrons. The Labute approximate surface area is 117 Å². The van der Waals surface area contributed by atoms with Crippen LogP contribution in [0.15, 0.2) is 24.5 Å². The summed E-state index contributed by atoms with van der Waals surface area (Å²) in [5.41, 5.74) is 0.765. The molecular formula is C10H11BrN2O3S2. The van der Waals surface area contributed by atoms with E-state index in [0.717, 1.165) is 17.0 Å². The molecule has 0 bridgehead atoms. The normalized spacial score (nSPS) is 11.9. The van der Waals surface area contributed by atoms with Gasteiger partial charge in [-0.25, -0.2) is 18.1 Å². The van der Waals surface area contributed by atoms with Gasteiger partial charge in [0.25, 0.3) is 10.0 Å². The first-order valence-corrected chi connectivity index (χ1v) is 8.21. The molecule has 0 saturated carbocycles. The molecule has 0 aliphatic carbocycles. The number of aryl methyl sites for hydroxylation is 2. The van der Waals surface area contributed by atoms with Crippen molar-refractivity contribution in [2.75, 3.05) is 0 Å². The van der Waals surface area contributed by atoms with Gasteiger partial charge in [0.05, 0.1) is 12.2 Å². The van der Waals surface area contributed by atoms with Crippen LogP contribution in [0.5, 0.6) is 0 Å². The lowest BCUT2D eigenvalue weighted by atomic mass is 10.4. The monoisotopic (exact) mass is 350 g/mol. The second-order valence-corrected chi connectivity index (χ2v) is 7.36. The quantitative estimate of drug-likeness (QED) is 0.919. The van der Waals surface area contributed by atoms with Crippen molar-refractivity contribution in [1.82, 2.24) is 9.71 Å². The summed E-state index contributed by atoms with van der Waals surface area (Å²) < 4.78 is 32.5. The first kappa shape index (κ1) is 13.7. The SMILES string of the molecule is Cc1nc(CNS(=O)(=O)c2sccc2Br)oc1C. The van der Waals surface area contributed by atoms with Gasteiger partial charge in [0.15, 0.2) is 0 Å². The number of nitrogens with zero attached hydrogens (tertiary/aromatic N) is 1. The molecule has 0 unspecified atom stereocenters. The van der Waals surface area contributed by atoms with E-state index in [9.17, 15) is 8.42 Å². The fraction of sp³-hybridized carbons (Fsp3) is 0.300. The summed E-state index contributed by atoms with van der Waals surface area (Å²) in [6, 6.07) is 1.69. The standard InChI is InChI=1S/C10H11BrN2O3S2/c1-6-7(2)16-9(13-6)5-12-18(14,15)10-8(11)3-4-17-10/h3-4,12H,5H2,1-2H3. The van der Waals surface area contributed by atoms with E-state index in [1.54, 1.807) is 18.4 Å². The van der Waals surface area contributed by atoms with Gasteiger partial charge in [0.1, 0.15) is 9.97 Å². The minimum atomic E-state index is -3.53. The van der Waals surface area contributed by atoms with Crippen molar-refractivity contribution in [3.05, 3.63) is 33.3 Å². The molecule has 0 aliphatic rings. The van der Waals surface area contributed by atoms with E-state index in [2.05, 4.69) is 25.6 Å². The van der Waals surface area contributed by atoms with Crippen LogP contribution in [-0.4, -0.2) is 13.4 Å². The summed E-state index contributed by atoms with van der Waals surface area (Å²) in [7, 11) is -3.53. The molecular weight excluding hydrogens is 340 g/mol. The molecule has 0 aromatic carbocycles. The number of halogens is 1. The van der Waals surface area contributed by atoms with Crippen molar-refractivity contribution >= 4 is 37.3 Å². The van der Waals surface area contributed by atoms with Crippen molar-refractivity contribution in [2.45, 2.75) is 24.6 Å². The number of hydrogen-bond acceptors (Lipinski definition) is 5.